The lowest BCUT2D eigenvalue weighted by molar-refractivity contribution is -0.141. The summed E-state index contributed by atoms with van der Waals surface area (Å²) in [5.41, 5.74) is 2.78. The molecule has 4 nitrogen and oxygen atoms in total. The number of carbonyl (C=O) groups is 2. The highest BCUT2D eigenvalue weighted by Crippen LogP contribution is 2.21. The number of hydrogen-bond acceptors (Lipinski definition) is 2. The van der Waals surface area contributed by atoms with E-state index in [9.17, 15) is 9.59 Å². The van der Waals surface area contributed by atoms with E-state index in [1.54, 1.807) is 11.0 Å². The summed E-state index contributed by atoms with van der Waals surface area (Å²) in [4.78, 5) is 28.9. The summed E-state index contributed by atoms with van der Waals surface area (Å²) >= 11 is 12.6. The van der Waals surface area contributed by atoms with Crippen molar-refractivity contribution in [2.45, 2.75) is 58.2 Å². The van der Waals surface area contributed by atoms with Crippen LogP contribution in [0.4, 0.5) is 0 Å². The monoisotopic (exact) mass is 510 g/mol. The maximum atomic E-state index is 13.7. The van der Waals surface area contributed by atoms with Gasteiger partial charge in [0.25, 0.3) is 0 Å². The molecule has 0 unspecified atom stereocenters. The summed E-state index contributed by atoms with van der Waals surface area (Å²) in [6.45, 7) is 4.28. The van der Waals surface area contributed by atoms with Crippen LogP contribution in [0.2, 0.25) is 10.0 Å². The number of nitrogens with zero attached hydrogens (tertiary/aromatic N) is 1. The lowest BCUT2D eigenvalue weighted by Crippen LogP contribution is -2.52. The quantitative estimate of drug-likeness (QED) is 0.320. The molecule has 2 atom stereocenters. The molecule has 0 heterocycles. The van der Waals surface area contributed by atoms with Crippen molar-refractivity contribution in [2.24, 2.45) is 0 Å². The van der Waals surface area contributed by atoms with Crippen LogP contribution in [-0.4, -0.2) is 28.8 Å². The third-order valence-corrected chi connectivity index (χ3v) is 6.68. The average Bonchev–Trinajstić information content (AvgIpc) is 2.86. The number of benzene rings is 3. The fourth-order valence-electron chi connectivity index (χ4n) is 3.91. The molecular formula is C29H32Cl2N2O2. The van der Waals surface area contributed by atoms with E-state index in [0.29, 0.717) is 22.9 Å². The van der Waals surface area contributed by atoms with Crippen molar-refractivity contribution in [2.75, 3.05) is 0 Å². The van der Waals surface area contributed by atoms with E-state index in [0.717, 1.165) is 23.1 Å². The van der Waals surface area contributed by atoms with Gasteiger partial charge in [0.1, 0.15) is 6.04 Å². The molecule has 0 saturated carbocycles. The first-order valence-corrected chi connectivity index (χ1v) is 12.7. The summed E-state index contributed by atoms with van der Waals surface area (Å²) < 4.78 is 0. The van der Waals surface area contributed by atoms with Gasteiger partial charge < -0.3 is 10.2 Å². The van der Waals surface area contributed by atoms with Crippen LogP contribution in [0.3, 0.4) is 0 Å². The average molecular weight is 511 g/mol. The minimum atomic E-state index is -0.663. The molecule has 35 heavy (non-hydrogen) atoms. The van der Waals surface area contributed by atoms with Gasteiger partial charge >= 0.3 is 0 Å². The Labute approximate surface area is 218 Å². The molecular weight excluding hydrogens is 479 g/mol. The molecule has 0 aliphatic rings. The second kappa shape index (κ2) is 13.3. The molecule has 6 heteroatoms. The van der Waals surface area contributed by atoms with Crippen LogP contribution in [-0.2, 0) is 29.0 Å². The smallest absolute Gasteiger partial charge is 0.243 e. The number of hydrogen-bond donors (Lipinski definition) is 1. The van der Waals surface area contributed by atoms with Crippen molar-refractivity contribution in [3.63, 3.8) is 0 Å². The van der Waals surface area contributed by atoms with Crippen LogP contribution in [0.5, 0.6) is 0 Å². The Morgan fingerprint density at radius 2 is 1.60 bits per heavy atom. The van der Waals surface area contributed by atoms with Crippen molar-refractivity contribution in [3.05, 3.63) is 106 Å². The topological polar surface area (TPSA) is 49.4 Å². The fourth-order valence-corrected chi connectivity index (χ4v) is 4.36. The van der Waals surface area contributed by atoms with Crippen molar-refractivity contribution in [1.82, 2.24) is 10.2 Å². The van der Waals surface area contributed by atoms with Crippen molar-refractivity contribution in [3.8, 4) is 0 Å². The Hall–Kier alpha value is -2.82. The predicted molar refractivity (Wildman–Crippen MR) is 144 cm³/mol. The van der Waals surface area contributed by atoms with Gasteiger partial charge in [-0.05, 0) is 54.7 Å². The third-order valence-electron chi connectivity index (χ3n) is 6.08. The summed E-state index contributed by atoms with van der Waals surface area (Å²) in [5.74, 6) is -0.263. The van der Waals surface area contributed by atoms with Gasteiger partial charge in [-0.1, -0.05) is 90.8 Å². The van der Waals surface area contributed by atoms with E-state index in [2.05, 4.69) is 5.32 Å². The number of halogens is 2. The van der Waals surface area contributed by atoms with E-state index < -0.39 is 6.04 Å². The number of nitrogens with one attached hydrogen (secondary N) is 1. The van der Waals surface area contributed by atoms with Gasteiger partial charge in [0, 0.05) is 35.5 Å². The largest absolute Gasteiger partial charge is 0.352 e. The lowest BCUT2D eigenvalue weighted by Gasteiger charge is -2.32. The van der Waals surface area contributed by atoms with E-state index >= 15 is 0 Å². The zero-order valence-electron chi connectivity index (χ0n) is 20.2. The van der Waals surface area contributed by atoms with Crippen molar-refractivity contribution < 1.29 is 9.59 Å². The van der Waals surface area contributed by atoms with Crippen molar-refractivity contribution >= 4 is 35.0 Å². The Balaban J connectivity index is 1.92. The van der Waals surface area contributed by atoms with Crippen LogP contribution in [0.25, 0.3) is 0 Å². The molecule has 2 amide bonds. The molecule has 0 aliphatic carbocycles. The second-order valence-electron chi connectivity index (χ2n) is 8.77. The Morgan fingerprint density at radius 3 is 2.29 bits per heavy atom. The molecule has 1 N–H and O–H groups in total. The Morgan fingerprint density at radius 1 is 0.914 bits per heavy atom. The molecule has 3 rings (SSSR count). The molecule has 0 saturated heterocycles. The molecule has 184 valence electrons. The van der Waals surface area contributed by atoms with E-state index in [4.69, 9.17) is 23.2 Å². The number of amides is 2. The summed E-state index contributed by atoms with van der Waals surface area (Å²) in [6, 6.07) is 24.1. The maximum Gasteiger partial charge on any atom is 0.243 e. The molecule has 0 spiro atoms. The van der Waals surface area contributed by atoms with Crippen LogP contribution in [0.1, 0.15) is 43.4 Å². The lowest BCUT2D eigenvalue weighted by atomic mass is 10.0. The van der Waals surface area contributed by atoms with Gasteiger partial charge in [0.15, 0.2) is 0 Å². The normalized spacial score (nSPS) is 12.6. The maximum absolute atomic E-state index is 13.7. The SMILES string of the molecule is CC[C@H](C)NC(=O)[C@@H](Cc1ccccc1)N(Cc1cccc(Cl)c1)C(=O)CCc1ccccc1Cl. The standard InChI is InChI=1S/C29H32Cl2N2O2/c1-3-21(2)32-29(35)27(19-22-10-5-4-6-11-22)33(20-23-12-9-14-25(30)18-23)28(34)17-16-24-13-7-8-15-26(24)31/h4-15,18,21,27H,3,16-17,19-20H2,1-2H3,(H,32,35)/t21-,27+/m0/s1. The summed E-state index contributed by atoms with van der Waals surface area (Å²) in [7, 11) is 0. The van der Waals surface area contributed by atoms with Gasteiger partial charge in [-0.15, -0.1) is 0 Å². The molecule has 0 fully saturated rings. The highest BCUT2D eigenvalue weighted by molar-refractivity contribution is 6.31. The molecule has 0 aromatic heterocycles. The van der Waals surface area contributed by atoms with E-state index in [1.165, 1.54) is 0 Å². The zero-order chi connectivity index (χ0) is 25.2. The molecule has 0 bridgehead atoms. The molecule has 0 radical (unpaired) electrons. The number of aryl methyl sites for hydroxylation is 1. The Kier molecular flexibility index (Phi) is 10.2. The summed E-state index contributed by atoms with van der Waals surface area (Å²) in [5, 5.41) is 4.31. The number of rotatable bonds is 11. The van der Waals surface area contributed by atoms with Gasteiger partial charge in [-0.2, -0.15) is 0 Å². The number of carbonyl (C=O) groups excluding carboxylic acids is 2. The van der Waals surface area contributed by atoms with E-state index in [1.807, 2.05) is 86.6 Å². The van der Waals surface area contributed by atoms with Crippen LogP contribution in [0.15, 0.2) is 78.9 Å². The minimum Gasteiger partial charge on any atom is -0.352 e. The van der Waals surface area contributed by atoms with Crippen LogP contribution >= 0.6 is 23.2 Å². The summed E-state index contributed by atoms with van der Waals surface area (Å²) in [6.07, 6.45) is 1.96. The zero-order valence-corrected chi connectivity index (χ0v) is 21.7. The first-order valence-electron chi connectivity index (χ1n) is 12.0. The predicted octanol–water partition coefficient (Wildman–Crippen LogP) is 6.48. The van der Waals surface area contributed by atoms with Crippen LogP contribution in [0, 0.1) is 0 Å². The van der Waals surface area contributed by atoms with Gasteiger partial charge in [0.2, 0.25) is 11.8 Å². The minimum absolute atomic E-state index is 0.00650. The highest BCUT2D eigenvalue weighted by Gasteiger charge is 2.30. The molecule has 3 aromatic rings. The van der Waals surface area contributed by atoms with E-state index in [-0.39, 0.29) is 30.8 Å². The second-order valence-corrected chi connectivity index (χ2v) is 9.61. The Bertz CT molecular complexity index is 1120. The molecule has 0 aliphatic heterocycles. The van der Waals surface area contributed by atoms with Gasteiger partial charge in [0.05, 0.1) is 0 Å². The van der Waals surface area contributed by atoms with Gasteiger partial charge in [-0.3, -0.25) is 9.59 Å². The first kappa shape index (κ1) is 26.8. The first-order chi connectivity index (χ1) is 16.9. The van der Waals surface area contributed by atoms with Crippen LogP contribution < -0.4 is 5.32 Å². The highest BCUT2D eigenvalue weighted by atomic mass is 35.5. The third kappa shape index (κ3) is 8.12. The van der Waals surface area contributed by atoms with Crippen molar-refractivity contribution in [1.29, 1.82) is 0 Å². The fraction of sp³-hybridized carbons (Fsp3) is 0.310. The molecule has 3 aromatic carbocycles. The van der Waals surface area contributed by atoms with Gasteiger partial charge in [-0.25, -0.2) is 0 Å².